The van der Waals surface area contributed by atoms with Crippen molar-refractivity contribution in [2.75, 3.05) is 0 Å². The zero-order valence-corrected chi connectivity index (χ0v) is 14.9. The summed E-state index contributed by atoms with van der Waals surface area (Å²) in [4.78, 5) is 31.6. The monoisotopic (exact) mass is 371 g/mol. The summed E-state index contributed by atoms with van der Waals surface area (Å²) in [5.41, 5.74) is -0.653. The molecule has 1 aromatic carbocycles. The van der Waals surface area contributed by atoms with Crippen molar-refractivity contribution in [3.05, 3.63) is 64.3 Å². The fraction of sp³-hybridized carbons (Fsp3) is 0.167. The van der Waals surface area contributed by atoms with Gasteiger partial charge < -0.3 is 5.32 Å². The van der Waals surface area contributed by atoms with E-state index in [1.165, 1.54) is 16.2 Å². The molecule has 126 valence electrons. The normalized spacial score (nSPS) is 20.3. The molecule has 1 aliphatic heterocycles. The summed E-state index contributed by atoms with van der Waals surface area (Å²) in [6, 6.07) is 12.6. The molecule has 1 aliphatic rings. The van der Waals surface area contributed by atoms with Crippen molar-refractivity contribution in [1.82, 2.24) is 15.2 Å². The number of urea groups is 1. The lowest BCUT2D eigenvalue weighted by Crippen LogP contribution is -2.41. The summed E-state index contributed by atoms with van der Waals surface area (Å²) in [6.07, 6.45) is 1.60. The molecule has 3 heterocycles. The number of aromatic nitrogens is 1. The van der Waals surface area contributed by atoms with Crippen LogP contribution in [-0.2, 0) is 16.9 Å². The second-order valence-electron chi connectivity index (χ2n) is 6.00. The number of hydrogen-bond donors (Lipinski definition) is 1. The number of thiophene rings is 1. The van der Waals surface area contributed by atoms with Crippen molar-refractivity contribution in [3.63, 3.8) is 0 Å². The van der Waals surface area contributed by atoms with Crippen LogP contribution >= 0.6 is 22.9 Å². The van der Waals surface area contributed by atoms with Gasteiger partial charge in [0.25, 0.3) is 5.91 Å². The number of carbonyl (C=O) groups is 2. The molecule has 2 aromatic heterocycles. The van der Waals surface area contributed by atoms with Gasteiger partial charge in [0.2, 0.25) is 0 Å². The molecule has 0 saturated carbocycles. The minimum absolute atomic E-state index is 0.144. The fourth-order valence-corrected chi connectivity index (χ4v) is 4.46. The average molecular weight is 372 g/mol. The zero-order chi connectivity index (χ0) is 17.6. The van der Waals surface area contributed by atoms with E-state index in [9.17, 15) is 9.59 Å². The molecule has 0 spiro atoms. The molecule has 1 atom stereocenters. The lowest BCUT2D eigenvalue weighted by Gasteiger charge is -2.20. The molecule has 0 aliphatic carbocycles. The van der Waals surface area contributed by atoms with E-state index in [1.54, 1.807) is 31.3 Å². The molecule has 25 heavy (non-hydrogen) atoms. The molecule has 1 saturated heterocycles. The highest BCUT2D eigenvalue weighted by atomic mass is 35.5. The quantitative estimate of drug-likeness (QED) is 0.710. The Morgan fingerprint density at radius 1 is 1.20 bits per heavy atom. The van der Waals surface area contributed by atoms with Gasteiger partial charge in [-0.05, 0) is 25.1 Å². The Labute approximate surface area is 153 Å². The van der Waals surface area contributed by atoms with Crippen LogP contribution in [0.25, 0.3) is 10.1 Å². The maximum atomic E-state index is 12.9. The second kappa shape index (κ2) is 5.82. The minimum Gasteiger partial charge on any atom is -0.318 e. The van der Waals surface area contributed by atoms with Crippen molar-refractivity contribution in [3.8, 4) is 0 Å². The molecule has 0 radical (unpaired) electrons. The molecule has 7 heteroatoms. The zero-order valence-electron chi connectivity index (χ0n) is 13.3. The Kier molecular flexibility index (Phi) is 3.74. The third kappa shape index (κ3) is 2.49. The third-order valence-corrected chi connectivity index (χ3v) is 6.05. The first-order chi connectivity index (χ1) is 12.0. The van der Waals surface area contributed by atoms with Crippen LogP contribution in [0, 0.1) is 0 Å². The summed E-state index contributed by atoms with van der Waals surface area (Å²) < 4.78 is 1.03. The standard InChI is InChI=1S/C18H14ClN3O2S/c1-18(14-8-4-5-9-20-14)16(23)22(17(24)21-18)10-13-15(19)11-6-2-3-7-12(11)25-13/h2-9H,10H2,1H3,(H,21,24). The predicted molar refractivity (Wildman–Crippen MR) is 97.5 cm³/mol. The molecule has 4 rings (SSSR count). The van der Waals surface area contributed by atoms with Crippen LogP contribution in [-0.4, -0.2) is 21.8 Å². The number of nitrogens with one attached hydrogen (secondary N) is 1. The molecular formula is C18H14ClN3O2S. The Bertz CT molecular complexity index is 988. The van der Waals surface area contributed by atoms with Crippen molar-refractivity contribution in [2.24, 2.45) is 0 Å². The van der Waals surface area contributed by atoms with Crippen molar-refractivity contribution in [1.29, 1.82) is 0 Å². The van der Waals surface area contributed by atoms with E-state index < -0.39 is 11.6 Å². The van der Waals surface area contributed by atoms with Gasteiger partial charge in [-0.15, -0.1) is 11.3 Å². The molecule has 0 bridgehead atoms. The van der Waals surface area contributed by atoms with Crippen LogP contribution in [0.3, 0.4) is 0 Å². The topological polar surface area (TPSA) is 62.3 Å². The molecule has 3 aromatic rings. The number of amides is 3. The van der Waals surface area contributed by atoms with E-state index in [-0.39, 0.29) is 12.5 Å². The number of fused-ring (bicyclic) bond motifs is 1. The van der Waals surface area contributed by atoms with Crippen LogP contribution in [0.15, 0.2) is 48.7 Å². The molecule has 3 amide bonds. The first-order valence-corrected chi connectivity index (χ1v) is 8.91. The molecule has 5 nitrogen and oxygen atoms in total. The largest absolute Gasteiger partial charge is 0.325 e. The third-order valence-electron chi connectivity index (χ3n) is 4.36. The summed E-state index contributed by atoms with van der Waals surface area (Å²) >= 11 is 7.94. The van der Waals surface area contributed by atoms with Gasteiger partial charge in [-0.2, -0.15) is 0 Å². The first-order valence-electron chi connectivity index (χ1n) is 7.72. The van der Waals surface area contributed by atoms with Gasteiger partial charge in [0, 0.05) is 21.2 Å². The first kappa shape index (κ1) is 16.1. The lowest BCUT2D eigenvalue weighted by atomic mass is 9.97. The minimum atomic E-state index is -1.17. The lowest BCUT2D eigenvalue weighted by molar-refractivity contribution is -0.131. The van der Waals surface area contributed by atoms with Gasteiger partial charge in [0.15, 0.2) is 5.54 Å². The summed E-state index contributed by atoms with van der Waals surface area (Å²) in [6.45, 7) is 1.81. The summed E-state index contributed by atoms with van der Waals surface area (Å²) in [5.74, 6) is -0.329. The number of hydrogen-bond acceptors (Lipinski definition) is 4. The van der Waals surface area contributed by atoms with Gasteiger partial charge in [0.05, 0.1) is 17.3 Å². The highest BCUT2D eigenvalue weighted by molar-refractivity contribution is 7.19. The Morgan fingerprint density at radius 3 is 2.68 bits per heavy atom. The number of pyridine rings is 1. The van der Waals surface area contributed by atoms with E-state index in [4.69, 9.17) is 11.6 Å². The summed E-state index contributed by atoms with van der Waals surface area (Å²) in [5, 5.41) is 4.28. The van der Waals surface area contributed by atoms with Gasteiger partial charge in [-0.3, -0.25) is 14.7 Å². The molecular weight excluding hydrogens is 358 g/mol. The predicted octanol–water partition coefficient (Wildman–Crippen LogP) is 3.92. The average Bonchev–Trinajstić information content (AvgIpc) is 3.06. The van der Waals surface area contributed by atoms with Crippen molar-refractivity contribution < 1.29 is 9.59 Å². The molecule has 1 N–H and O–H groups in total. The maximum Gasteiger partial charge on any atom is 0.325 e. The van der Waals surface area contributed by atoms with E-state index in [1.807, 2.05) is 24.3 Å². The second-order valence-corrected chi connectivity index (χ2v) is 7.51. The number of benzene rings is 1. The Balaban J connectivity index is 1.68. The van der Waals surface area contributed by atoms with E-state index in [2.05, 4.69) is 10.3 Å². The smallest absolute Gasteiger partial charge is 0.318 e. The number of nitrogens with zero attached hydrogens (tertiary/aromatic N) is 2. The van der Waals surface area contributed by atoms with Crippen LogP contribution in [0.1, 0.15) is 17.5 Å². The number of imide groups is 1. The Morgan fingerprint density at radius 2 is 1.96 bits per heavy atom. The van der Waals surface area contributed by atoms with E-state index in [0.29, 0.717) is 10.7 Å². The maximum absolute atomic E-state index is 12.9. The van der Waals surface area contributed by atoms with Crippen molar-refractivity contribution >= 4 is 45.0 Å². The van der Waals surface area contributed by atoms with Gasteiger partial charge in [-0.25, -0.2) is 4.79 Å². The van der Waals surface area contributed by atoms with Crippen molar-refractivity contribution in [2.45, 2.75) is 19.0 Å². The number of rotatable bonds is 3. The van der Waals surface area contributed by atoms with E-state index in [0.717, 1.165) is 15.0 Å². The highest BCUT2D eigenvalue weighted by Gasteiger charge is 2.50. The van der Waals surface area contributed by atoms with Crippen LogP contribution in [0.2, 0.25) is 5.02 Å². The molecule has 1 fully saturated rings. The Hall–Kier alpha value is -2.44. The fourth-order valence-electron chi connectivity index (χ4n) is 2.98. The number of halogens is 1. The number of carbonyl (C=O) groups excluding carboxylic acids is 2. The van der Waals surface area contributed by atoms with Gasteiger partial charge in [0.1, 0.15) is 0 Å². The van der Waals surface area contributed by atoms with E-state index >= 15 is 0 Å². The molecule has 1 unspecified atom stereocenters. The highest BCUT2D eigenvalue weighted by Crippen LogP contribution is 2.37. The van der Waals surface area contributed by atoms with Crippen LogP contribution < -0.4 is 5.32 Å². The van der Waals surface area contributed by atoms with Crippen LogP contribution in [0.5, 0.6) is 0 Å². The SMILES string of the molecule is CC1(c2ccccn2)NC(=O)N(Cc2sc3ccccc3c2Cl)C1=O. The summed E-state index contributed by atoms with van der Waals surface area (Å²) in [7, 11) is 0. The van der Waals surface area contributed by atoms with Crippen LogP contribution in [0.4, 0.5) is 4.79 Å². The van der Waals surface area contributed by atoms with Gasteiger partial charge in [-0.1, -0.05) is 35.9 Å². The van der Waals surface area contributed by atoms with Gasteiger partial charge >= 0.3 is 6.03 Å².